The summed E-state index contributed by atoms with van der Waals surface area (Å²) in [6, 6.07) is 9.13. The van der Waals surface area contributed by atoms with Gasteiger partial charge in [-0.15, -0.1) is 0 Å². The Balaban J connectivity index is 2.23. The molecule has 2 rings (SSSR count). The van der Waals surface area contributed by atoms with E-state index >= 15 is 0 Å². The van der Waals surface area contributed by atoms with Crippen molar-refractivity contribution in [2.75, 3.05) is 0 Å². The lowest BCUT2D eigenvalue weighted by atomic mass is 10.2. The molecule has 0 unspecified atom stereocenters. The lowest BCUT2D eigenvalue weighted by molar-refractivity contribution is -0.137. The number of pyridine rings is 1. The summed E-state index contributed by atoms with van der Waals surface area (Å²) in [7, 11) is 0. The van der Waals surface area contributed by atoms with Gasteiger partial charge >= 0.3 is 6.18 Å². The molecule has 0 aliphatic heterocycles. The van der Waals surface area contributed by atoms with E-state index in [4.69, 9.17) is 10.00 Å². The highest BCUT2D eigenvalue weighted by Gasteiger charge is 2.30. The van der Waals surface area contributed by atoms with Crippen LogP contribution in [-0.4, -0.2) is 4.98 Å². The molecule has 1 heterocycles. The summed E-state index contributed by atoms with van der Waals surface area (Å²) in [5, 5.41) is 8.81. The van der Waals surface area contributed by atoms with Crippen molar-refractivity contribution in [2.24, 2.45) is 0 Å². The van der Waals surface area contributed by atoms with Gasteiger partial charge in [-0.1, -0.05) is 0 Å². The fourth-order valence-electron chi connectivity index (χ4n) is 1.40. The van der Waals surface area contributed by atoms with Gasteiger partial charge in [0.25, 0.3) is 0 Å². The summed E-state index contributed by atoms with van der Waals surface area (Å²) in [6.07, 6.45) is -2.96. The van der Waals surface area contributed by atoms with Gasteiger partial charge in [-0.05, 0) is 36.4 Å². The largest absolute Gasteiger partial charge is 0.454 e. The van der Waals surface area contributed by atoms with Gasteiger partial charge in [-0.3, -0.25) is 0 Å². The predicted molar refractivity (Wildman–Crippen MR) is 60.5 cm³/mol. The first-order valence-corrected chi connectivity index (χ1v) is 5.21. The van der Waals surface area contributed by atoms with E-state index in [0.29, 0.717) is 0 Å². The number of nitriles is 1. The van der Waals surface area contributed by atoms with Gasteiger partial charge in [0.15, 0.2) is 11.4 Å². The molecule has 2 aromatic rings. The molecule has 0 spiro atoms. The Hall–Kier alpha value is -2.55. The van der Waals surface area contributed by atoms with E-state index < -0.39 is 11.7 Å². The minimum Gasteiger partial charge on any atom is -0.454 e. The van der Waals surface area contributed by atoms with E-state index in [9.17, 15) is 13.2 Å². The number of halogens is 3. The average Bonchev–Trinajstić information content (AvgIpc) is 2.39. The molecule has 0 atom stereocenters. The quantitative estimate of drug-likeness (QED) is 0.829. The molecule has 6 heteroatoms. The average molecular weight is 264 g/mol. The van der Waals surface area contributed by atoms with Crippen molar-refractivity contribution >= 4 is 0 Å². The Morgan fingerprint density at radius 3 is 2.37 bits per heavy atom. The molecule has 0 aliphatic carbocycles. The van der Waals surface area contributed by atoms with Crippen molar-refractivity contribution in [3.63, 3.8) is 0 Å². The molecule has 0 amide bonds. The molecule has 1 aromatic heterocycles. The van der Waals surface area contributed by atoms with Gasteiger partial charge in [-0.2, -0.15) is 18.4 Å². The van der Waals surface area contributed by atoms with Crippen LogP contribution in [0, 0.1) is 11.3 Å². The molecule has 0 N–H and O–H groups in total. The Morgan fingerprint density at radius 1 is 1.11 bits per heavy atom. The Morgan fingerprint density at radius 2 is 1.79 bits per heavy atom. The zero-order valence-corrected chi connectivity index (χ0v) is 9.48. The number of hydrogen-bond donors (Lipinski definition) is 0. The SMILES string of the molecule is N#Cc1ncccc1Oc1ccc(C(F)(F)F)cc1. The Bertz CT molecular complexity index is 615. The van der Waals surface area contributed by atoms with Crippen molar-refractivity contribution in [2.45, 2.75) is 6.18 Å². The van der Waals surface area contributed by atoms with Gasteiger partial charge in [-0.25, -0.2) is 4.98 Å². The van der Waals surface area contributed by atoms with Crippen LogP contribution in [0.2, 0.25) is 0 Å². The van der Waals surface area contributed by atoms with Crippen LogP contribution in [0.15, 0.2) is 42.6 Å². The summed E-state index contributed by atoms with van der Waals surface area (Å²) >= 11 is 0. The summed E-state index contributed by atoms with van der Waals surface area (Å²) in [4.78, 5) is 3.78. The highest BCUT2D eigenvalue weighted by atomic mass is 19.4. The third-order valence-corrected chi connectivity index (χ3v) is 2.29. The van der Waals surface area contributed by atoms with Crippen molar-refractivity contribution in [3.05, 3.63) is 53.9 Å². The van der Waals surface area contributed by atoms with Crippen LogP contribution in [0.4, 0.5) is 13.2 Å². The number of alkyl halides is 3. The van der Waals surface area contributed by atoms with Crippen LogP contribution in [0.3, 0.4) is 0 Å². The lowest BCUT2D eigenvalue weighted by Gasteiger charge is -2.09. The van der Waals surface area contributed by atoms with E-state index in [-0.39, 0.29) is 17.2 Å². The Labute approximate surface area is 106 Å². The number of hydrogen-bond acceptors (Lipinski definition) is 3. The molecule has 19 heavy (non-hydrogen) atoms. The van der Waals surface area contributed by atoms with Gasteiger partial charge < -0.3 is 4.74 Å². The number of ether oxygens (including phenoxy) is 1. The predicted octanol–water partition coefficient (Wildman–Crippen LogP) is 3.76. The molecule has 0 aliphatic rings. The second kappa shape index (κ2) is 4.98. The van der Waals surface area contributed by atoms with Crippen LogP contribution in [0.25, 0.3) is 0 Å². The second-order valence-electron chi connectivity index (χ2n) is 3.59. The first-order chi connectivity index (χ1) is 9.00. The normalized spacial score (nSPS) is 10.8. The van der Waals surface area contributed by atoms with Crippen molar-refractivity contribution in [1.82, 2.24) is 4.98 Å². The number of nitrogens with zero attached hydrogens (tertiary/aromatic N) is 2. The van der Waals surface area contributed by atoms with E-state index in [1.54, 1.807) is 6.07 Å². The maximum atomic E-state index is 12.4. The number of rotatable bonds is 2. The number of aromatic nitrogens is 1. The molecule has 3 nitrogen and oxygen atoms in total. The van der Waals surface area contributed by atoms with Crippen LogP contribution < -0.4 is 4.74 Å². The minimum absolute atomic E-state index is 0.0717. The van der Waals surface area contributed by atoms with E-state index in [1.807, 2.05) is 6.07 Å². The summed E-state index contributed by atoms with van der Waals surface area (Å²) in [6.45, 7) is 0. The molecule has 0 saturated heterocycles. The molecule has 96 valence electrons. The Kier molecular flexibility index (Phi) is 3.38. The molecular weight excluding hydrogens is 257 g/mol. The van der Waals surface area contributed by atoms with Crippen molar-refractivity contribution < 1.29 is 17.9 Å². The van der Waals surface area contributed by atoms with Crippen LogP contribution in [0.5, 0.6) is 11.5 Å². The first-order valence-electron chi connectivity index (χ1n) is 5.21. The molecular formula is C13H7F3N2O. The van der Waals surface area contributed by atoms with Gasteiger partial charge in [0, 0.05) is 6.20 Å². The van der Waals surface area contributed by atoms with Gasteiger partial charge in [0.05, 0.1) is 5.56 Å². The fraction of sp³-hybridized carbons (Fsp3) is 0.0769. The van der Waals surface area contributed by atoms with E-state index in [1.165, 1.54) is 24.4 Å². The maximum absolute atomic E-state index is 12.4. The van der Waals surface area contributed by atoms with Crippen molar-refractivity contribution in [1.29, 1.82) is 5.26 Å². The zero-order valence-electron chi connectivity index (χ0n) is 9.48. The zero-order chi connectivity index (χ0) is 13.9. The summed E-state index contributed by atoms with van der Waals surface area (Å²) in [5.41, 5.74) is -0.686. The van der Waals surface area contributed by atoms with Crippen LogP contribution in [-0.2, 0) is 6.18 Å². The highest BCUT2D eigenvalue weighted by Crippen LogP contribution is 2.31. The molecule has 0 fully saturated rings. The standard InChI is InChI=1S/C13H7F3N2O/c14-13(15,16)9-3-5-10(6-4-9)19-12-2-1-7-18-11(12)8-17/h1-7H. The van der Waals surface area contributed by atoms with Crippen molar-refractivity contribution in [3.8, 4) is 17.6 Å². The molecule has 0 saturated carbocycles. The fourth-order valence-corrected chi connectivity index (χ4v) is 1.40. The second-order valence-corrected chi connectivity index (χ2v) is 3.59. The van der Waals surface area contributed by atoms with Gasteiger partial charge in [0.1, 0.15) is 11.8 Å². The topological polar surface area (TPSA) is 45.9 Å². The van der Waals surface area contributed by atoms with E-state index in [0.717, 1.165) is 12.1 Å². The third-order valence-electron chi connectivity index (χ3n) is 2.29. The van der Waals surface area contributed by atoms with Crippen LogP contribution >= 0.6 is 0 Å². The van der Waals surface area contributed by atoms with Crippen LogP contribution in [0.1, 0.15) is 11.3 Å². The van der Waals surface area contributed by atoms with E-state index in [2.05, 4.69) is 4.98 Å². The molecule has 1 aromatic carbocycles. The minimum atomic E-state index is -4.38. The monoisotopic (exact) mass is 264 g/mol. The smallest absolute Gasteiger partial charge is 0.416 e. The maximum Gasteiger partial charge on any atom is 0.416 e. The highest BCUT2D eigenvalue weighted by molar-refractivity contribution is 5.40. The number of benzene rings is 1. The first kappa shape index (κ1) is 12.9. The van der Waals surface area contributed by atoms with Gasteiger partial charge in [0.2, 0.25) is 0 Å². The third kappa shape index (κ3) is 3.01. The molecule has 0 bridgehead atoms. The summed E-state index contributed by atoms with van der Waals surface area (Å²) < 4.78 is 42.4. The summed E-state index contributed by atoms with van der Waals surface area (Å²) in [5.74, 6) is 0.405. The lowest BCUT2D eigenvalue weighted by Crippen LogP contribution is -2.04. The molecule has 0 radical (unpaired) electrons.